The Hall–Kier alpha value is -0.570. The van der Waals surface area contributed by atoms with Crippen LogP contribution in [0, 0.1) is 11.3 Å². The first-order valence-electron chi connectivity index (χ1n) is 11.0. The maximum atomic E-state index is 6.60. The molecule has 7 heteroatoms. The van der Waals surface area contributed by atoms with E-state index in [2.05, 4.69) is 43.5 Å². The van der Waals surface area contributed by atoms with Gasteiger partial charge in [0.2, 0.25) is 0 Å². The van der Waals surface area contributed by atoms with Gasteiger partial charge < -0.3 is 20.1 Å². The van der Waals surface area contributed by atoms with Crippen molar-refractivity contribution >= 4 is 41.5 Å². The van der Waals surface area contributed by atoms with E-state index in [-0.39, 0.29) is 34.8 Å². The van der Waals surface area contributed by atoms with Crippen LogP contribution in [0.1, 0.15) is 45.6 Å². The average molecular weight is 548 g/mol. The van der Waals surface area contributed by atoms with Gasteiger partial charge in [-0.15, -0.1) is 24.0 Å². The number of nitrogens with zero attached hydrogens (tertiary/aromatic N) is 1. The smallest absolute Gasteiger partial charge is 0.191 e. The number of rotatable bonds is 5. The highest BCUT2D eigenvalue weighted by Gasteiger charge is 2.59. The number of fused-ring (bicyclic) bond motifs is 1. The molecule has 0 bridgehead atoms. The number of hydrogen-bond donors (Lipinski definition) is 2. The lowest BCUT2D eigenvalue weighted by molar-refractivity contribution is -0.106. The molecule has 168 valence electrons. The lowest BCUT2D eigenvalue weighted by Crippen LogP contribution is -2.68. The summed E-state index contributed by atoms with van der Waals surface area (Å²) in [4.78, 5) is 5.07. The second-order valence-electron chi connectivity index (χ2n) is 9.26. The molecule has 4 rings (SSSR count). The van der Waals surface area contributed by atoms with E-state index in [0.29, 0.717) is 24.6 Å². The van der Waals surface area contributed by atoms with Gasteiger partial charge in [-0.25, -0.2) is 0 Å². The van der Waals surface area contributed by atoms with Crippen molar-refractivity contribution in [2.45, 2.75) is 57.6 Å². The largest absolute Gasteiger partial charge is 0.381 e. The molecule has 30 heavy (non-hydrogen) atoms. The Morgan fingerprint density at radius 2 is 1.93 bits per heavy atom. The summed E-state index contributed by atoms with van der Waals surface area (Å²) in [5, 5.41) is 8.02. The van der Waals surface area contributed by atoms with Crippen molar-refractivity contribution in [1.82, 2.24) is 10.6 Å². The third-order valence-corrected chi connectivity index (χ3v) is 7.50. The molecular formula is C23H35ClIN3O2. The standard InChI is InChI=1S/C23H34ClN3O2.HI/c1-4-25-21(27-19-16-9-12-29-20(16)22(19,2)3)26-15-23(10-13-28-14-11-23)17-7-5-6-8-18(17)24;/h5-8,16,19-20H,4,9-15H2,1-3H3,(H2,25,26,27);1H. The van der Waals surface area contributed by atoms with Crippen molar-refractivity contribution in [3.63, 3.8) is 0 Å². The normalized spacial score (nSPS) is 29.3. The van der Waals surface area contributed by atoms with E-state index >= 15 is 0 Å². The fraction of sp³-hybridized carbons (Fsp3) is 0.696. The van der Waals surface area contributed by atoms with E-state index in [1.54, 1.807) is 0 Å². The van der Waals surface area contributed by atoms with Crippen LogP contribution in [-0.2, 0) is 14.9 Å². The van der Waals surface area contributed by atoms with Crippen molar-refractivity contribution in [2.24, 2.45) is 16.3 Å². The molecule has 1 aromatic rings. The summed E-state index contributed by atoms with van der Waals surface area (Å²) in [6.45, 7) is 10.6. The summed E-state index contributed by atoms with van der Waals surface area (Å²) >= 11 is 6.60. The lowest BCUT2D eigenvalue weighted by Gasteiger charge is -2.55. The van der Waals surface area contributed by atoms with E-state index < -0.39 is 0 Å². The monoisotopic (exact) mass is 547 g/mol. The first-order valence-corrected chi connectivity index (χ1v) is 11.3. The number of benzene rings is 1. The topological polar surface area (TPSA) is 54.9 Å². The Kier molecular flexibility index (Phi) is 7.96. The van der Waals surface area contributed by atoms with Crippen molar-refractivity contribution in [3.8, 4) is 0 Å². The molecule has 0 radical (unpaired) electrons. The van der Waals surface area contributed by atoms with Crippen LogP contribution in [0.4, 0.5) is 0 Å². The molecule has 0 aromatic heterocycles. The highest BCUT2D eigenvalue weighted by atomic mass is 127. The minimum atomic E-state index is -0.0763. The van der Waals surface area contributed by atoms with Crippen LogP contribution in [0.15, 0.2) is 29.3 Å². The molecule has 2 saturated heterocycles. The zero-order valence-corrected chi connectivity index (χ0v) is 21.3. The van der Waals surface area contributed by atoms with Gasteiger partial charge in [0.05, 0.1) is 12.6 Å². The number of aliphatic imine (C=N–C) groups is 1. The highest BCUT2D eigenvalue weighted by molar-refractivity contribution is 14.0. The first-order chi connectivity index (χ1) is 14.0. The molecule has 5 nitrogen and oxygen atoms in total. The molecule has 1 saturated carbocycles. The fourth-order valence-corrected chi connectivity index (χ4v) is 5.82. The quantitative estimate of drug-likeness (QED) is 0.327. The van der Waals surface area contributed by atoms with Gasteiger partial charge in [0.15, 0.2) is 5.96 Å². The molecule has 3 atom stereocenters. The van der Waals surface area contributed by atoms with Gasteiger partial charge >= 0.3 is 0 Å². The highest BCUT2D eigenvalue weighted by Crippen LogP contribution is 2.52. The van der Waals surface area contributed by atoms with Gasteiger partial charge in [-0.1, -0.05) is 43.6 Å². The molecule has 3 aliphatic rings. The third-order valence-electron chi connectivity index (χ3n) is 7.17. The maximum Gasteiger partial charge on any atom is 0.191 e. The maximum absolute atomic E-state index is 6.60. The molecule has 3 fully saturated rings. The van der Waals surface area contributed by atoms with Crippen LogP contribution in [-0.4, -0.2) is 51.0 Å². The second-order valence-corrected chi connectivity index (χ2v) is 9.66. The molecule has 1 aliphatic carbocycles. The van der Waals surface area contributed by atoms with Crippen LogP contribution in [0.3, 0.4) is 0 Å². The Balaban J connectivity index is 0.00000256. The van der Waals surface area contributed by atoms with Crippen molar-refractivity contribution < 1.29 is 9.47 Å². The number of guanidine groups is 1. The number of halogens is 2. The zero-order chi connectivity index (χ0) is 20.5. The number of nitrogens with one attached hydrogen (secondary N) is 2. The Labute approximate surface area is 202 Å². The lowest BCUT2D eigenvalue weighted by atomic mass is 9.57. The van der Waals surface area contributed by atoms with Gasteiger partial charge in [0, 0.05) is 54.2 Å². The minimum Gasteiger partial charge on any atom is -0.381 e. The van der Waals surface area contributed by atoms with E-state index in [9.17, 15) is 0 Å². The molecular weight excluding hydrogens is 513 g/mol. The summed E-state index contributed by atoms with van der Waals surface area (Å²) in [5.41, 5.74) is 1.24. The second kappa shape index (κ2) is 9.92. The number of hydrogen-bond acceptors (Lipinski definition) is 3. The predicted molar refractivity (Wildman–Crippen MR) is 133 cm³/mol. The third kappa shape index (κ3) is 4.48. The minimum absolute atomic E-state index is 0. The van der Waals surface area contributed by atoms with Crippen LogP contribution < -0.4 is 10.6 Å². The molecule has 2 aliphatic heterocycles. The molecule has 2 N–H and O–H groups in total. The Bertz CT molecular complexity index is 752. The molecule has 3 unspecified atom stereocenters. The van der Waals surface area contributed by atoms with E-state index in [0.717, 1.165) is 56.6 Å². The summed E-state index contributed by atoms with van der Waals surface area (Å²) in [6, 6.07) is 8.59. The van der Waals surface area contributed by atoms with Gasteiger partial charge in [-0.2, -0.15) is 0 Å². The summed E-state index contributed by atoms with van der Waals surface area (Å²) < 4.78 is 11.6. The predicted octanol–water partition coefficient (Wildman–Crippen LogP) is 4.37. The molecule has 2 heterocycles. The summed E-state index contributed by atoms with van der Waals surface area (Å²) in [5.74, 6) is 1.48. The van der Waals surface area contributed by atoms with Crippen molar-refractivity contribution in [2.75, 3.05) is 32.9 Å². The summed E-state index contributed by atoms with van der Waals surface area (Å²) in [6.07, 6.45) is 3.37. The van der Waals surface area contributed by atoms with Gasteiger partial charge in [-0.05, 0) is 37.8 Å². The molecule has 1 aromatic carbocycles. The molecule has 0 spiro atoms. The molecule has 0 amide bonds. The van der Waals surface area contributed by atoms with Crippen LogP contribution in [0.25, 0.3) is 0 Å². The van der Waals surface area contributed by atoms with Crippen LogP contribution >= 0.6 is 35.6 Å². The van der Waals surface area contributed by atoms with Gasteiger partial charge in [-0.3, -0.25) is 4.99 Å². The fourth-order valence-electron chi connectivity index (χ4n) is 5.48. The Morgan fingerprint density at radius 3 is 2.63 bits per heavy atom. The Morgan fingerprint density at radius 1 is 1.20 bits per heavy atom. The first kappa shape index (κ1) is 24.1. The van der Waals surface area contributed by atoms with Gasteiger partial charge in [0.1, 0.15) is 0 Å². The number of ether oxygens (including phenoxy) is 2. The van der Waals surface area contributed by atoms with E-state index in [1.165, 1.54) is 5.56 Å². The zero-order valence-electron chi connectivity index (χ0n) is 18.2. The van der Waals surface area contributed by atoms with Crippen molar-refractivity contribution in [3.05, 3.63) is 34.9 Å². The summed E-state index contributed by atoms with van der Waals surface area (Å²) in [7, 11) is 0. The van der Waals surface area contributed by atoms with E-state index in [1.807, 2.05) is 12.1 Å². The van der Waals surface area contributed by atoms with Crippen LogP contribution in [0.5, 0.6) is 0 Å². The van der Waals surface area contributed by atoms with E-state index in [4.69, 9.17) is 26.1 Å². The SMILES string of the molecule is CCNC(=NCC1(c2ccccc2Cl)CCOCC1)NC1C2CCOC2C1(C)C.I. The van der Waals surface area contributed by atoms with Crippen LogP contribution in [0.2, 0.25) is 5.02 Å². The van der Waals surface area contributed by atoms with Gasteiger partial charge in [0.25, 0.3) is 0 Å². The average Bonchev–Trinajstić information content (AvgIpc) is 3.18. The van der Waals surface area contributed by atoms with Crippen molar-refractivity contribution in [1.29, 1.82) is 0 Å².